The summed E-state index contributed by atoms with van der Waals surface area (Å²) in [5, 5.41) is 2.95. The van der Waals surface area contributed by atoms with Gasteiger partial charge < -0.3 is 4.90 Å². The van der Waals surface area contributed by atoms with Crippen LogP contribution in [0.5, 0.6) is 0 Å². The van der Waals surface area contributed by atoms with E-state index in [1.54, 1.807) is 12.1 Å². The highest BCUT2D eigenvalue weighted by atomic mass is 32.2. The number of fused-ring (bicyclic) bond motifs is 2. The van der Waals surface area contributed by atoms with E-state index in [4.69, 9.17) is 0 Å². The van der Waals surface area contributed by atoms with E-state index in [2.05, 4.69) is 31.7 Å². The Morgan fingerprint density at radius 2 is 1.63 bits per heavy atom. The minimum atomic E-state index is -3.74. The summed E-state index contributed by atoms with van der Waals surface area (Å²) >= 11 is 0. The van der Waals surface area contributed by atoms with Crippen molar-refractivity contribution in [2.24, 2.45) is 5.41 Å². The van der Waals surface area contributed by atoms with Crippen molar-refractivity contribution >= 4 is 37.3 Å². The van der Waals surface area contributed by atoms with Gasteiger partial charge in [-0.25, -0.2) is 12.4 Å². The quantitative estimate of drug-likeness (QED) is 0.307. The molecule has 2 heterocycles. The van der Waals surface area contributed by atoms with Crippen molar-refractivity contribution in [1.82, 2.24) is 8.87 Å². The number of benzene rings is 3. The number of rotatable bonds is 5. The van der Waals surface area contributed by atoms with E-state index in [9.17, 15) is 8.42 Å². The number of hydrogen-bond acceptors (Lipinski definition) is 3. The standard InChI is InChI=1S/C30H34N2O2S/c1-30(2,3)17-20-31-18-8-11-24(16-19-31)28-22-32(29-13-7-6-12-27(28)29)35(33,34)26-15-14-23-9-4-5-10-25(23)21-26/h4-7,9-15,21-22H,8,16-20H2,1-3H3. The molecule has 0 N–H and O–H groups in total. The predicted octanol–water partition coefficient (Wildman–Crippen LogP) is 6.95. The Hall–Kier alpha value is -2.89. The monoisotopic (exact) mass is 486 g/mol. The van der Waals surface area contributed by atoms with Gasteiger partial charge in [0.2, 0.25) is 0 Å². The van der Waals surface area contributed by atoms with Crippen LogP contribution < -0.4 is 0 Å². The van der Waals surface area contributed by atoms with Crippen molar-refractivity contribution in [2.45, 2.75) is 44.9 Å². The molecule has 182 valence electrons. The van der Waals surface area contributed by atoms with Crippen LogP contribution >= 0.6 is 0 Å². The first-order valence-electron chi connectivity index (χ1n) is 12.5. The SMILES string of the molecule is CC(C)(C)CCN1CCC=C(c2cn(S(=O)(=O)c3ccc4ccccc4c3)c3ccccc23)CC1. The van der Waals surface area contributed by atoms with Gasteiger partial charge >= 0.3 is 0 Å². The second kappa shape index (κ2) is 9.29. The van der Waals surface area contributed by atoms with Crippen molar-refractivity contribution in [3.8, 4) is 0 Å². The Morgan fingerprint density at radius 1 is 0.886 bits per heavy atom. The fourth-order valence-corrected chi connectivity index (χ4v) is 6.33. The lowest BCUT2D eigenvalue weighted by Gasteiger charge is -2.25. The number of nitrogens with zero attached hydrogens (tertiary/aromatic N) is 2. The molecule has 0 unspecified atom stereocenters. The van der Waals surface area contributed by atoms with Crippen LogP contribution in [0.15, 0.2) is 83.9 Å². The van der Waals surface area contributed by atoms with Gasteiger partial charge in [-0.05, 0) is 65.8 Å². The van der Waals surface area contributed by atoms with Gasteiger partial charge in [0.1, 0.15) is 0 Å². The molecule has 5 rings (SSSR count). The van der Waals surface area contributed by atoms with Crippen LogP contribution in [-0.2, 0) is 10.0 Å². The Morgan fingerprint density at radius 3 is 2.43 bits per heavy atom. The van der Waals surface area contributed by atoms with Gasteiger partial charge in [-0.3, -0.25) is 0 Å². The maximum atomic E-state index is 13.8. The first-order valence-corrected chi connectivity index (χ1v) is 13.9. The van der Waals surface area contributed by atoms with Gasteiger partial charge in [-0.2, -0.15) is 0 Å². The van der Waals surface area contributed by atoms with Crippen molar-refractivity contribution < 1.29 is 8.42 Å². The molecule has 0 amide bonds. The predicted molar refractivity (Wildman–Crippen MR) is 146 cm³/mol. The normalized spacial score (nSPS) is 15.9. The first kappa shape index (κ1) is 23.8. The summed E-state index contributed by atoms with van der Waals surface area (Å²) in [5.41, 5.74) is 3.33. The molecule has 1 aliphatic heterocycles. The summed E-state index contributed by atoms with van der Waals surface area (Å²) in [6.07, 6.45) is 7.23. The van der Waals surface area contributed by atoms with Crippen LogP contribution in [0.3, 0.4) is 0 Å². The molecule has 0 radical (unpaired) electrons. The molecule has 4 aromatic rings. The van der Waals surface area contributed by atoms with Crippen LogP contribution in [0.1, 0.15) is 45.6 Å². The van der Waals surface area contributed by atoms with Crippen LogP contribution in [0.4, 0.5) is 0 Å². The molecule has 0 aliphatic carbocycles. The van der Waals surface area contributed by atoms with Gasteiger partial charge in [0.25, 0.3) is 10.0 Å². The fraction of sp³-hybridized carbons (Fsp3) is 0.333. The molecule has 1 aliphatic rings. The number of hydrogen-bond donors (Lipinski definition) is 0. The zero-order valence-electron chi connectivity index (χ0n) is 20.9. The minimum absolute atomic E-state index is 0.312. The molecule has 1 aromatic heterocycles. The third-order valence-corrected chi connectivity index (χ3v) is 8.68. The summed E-state index contributed by atoms with van der Waals surface area (Å²) in [7, 11) is -3.74. The average molecular weight is 487 g/mol. The van der Waals surface area contributed by atoms with Gasteiger partial charge in [0, 0.05) is 30.2 Å². The van der Waals surface area contributed by atoms with Crippen LogP contribution in [-0.4, -0.2) is 36.9 Å². The van der Waals surface area contributed by atoms with Crippen molar-refractivity contribution in [1.29, 1.82) is 0 Å². The lowest BCUT2D eigenvalue weighted by atomic mass is 9.92. The van der Waals surface area contributed by atoms with Gasteiger partial charge in [-0.15, -0.1) is 0 Å². The van der Waals surface area contributed by atoms with Crippen LogP contribution in [0.25, 0.3) is 27.2 Å². The molecular formula is C30H34N2O2S. The van der Waals surface area contributed by atoms with E-state index in [1.165, 1.54) is 16.0 Å². The molecule has 0 spiro atoms. The van der Waals surface area contributed by atoms with Crippen molar-refractivity contribution in [2.75, 3.05) is 19.6 Å². The highest BCUT2D eigenvalue weighted by Gasteiger charge is 2.24. The lowest BCUT2D eigenvalue weighted by molar-refractivity contribution is 0.237. The smallest absolute Gasteiger partial charge is 0.268 e. The summed E-state index contributed by atoms with van der Waals surface area (Å²) in [6, 6.07) is 21.1. The summed E-state index contributed by atoms with van der Waals surface area (Å²) in [4.78, 5) is 2.85. The fourth-order valence-electron chi connectivity index (χ4n) is 4.92. The van der Waals surface area contributed by atoms with Crippen molar-refractivity contribution in [3.05, 3.63) is 84.6 Å². The maximum absolute atomic E-state index is 13.8. The summed E-state index contributed by atoms with van der Waals surface area (Å²) < 4.78 is 29.1. The first-order chi connectivity index (χ1) is 16.7. The van der Waals surface area contributed by atoms with Gasteiger partial charge in [0.15, 0.2) is 0 Å². The largest absolute Gasteiger partial charge is 0.303 e. The topological polar surface area (TPSA) is 42.3 Å². The molecule has 5 heteroatoms. The second-order valence-electron chi connectivity index (χ2n) is 10.8. The molecule has 3 aromatic carbocycles. The molecule has 0 saturated carbocycles. The van der Waals surface area contributed by atoms with E-state index in [1.807, 2.05) is 60.8 Å². The zero-order chi connectivity index (χ0) is 24.6. The molecule has 0 saturated heterocycles. The Bertz CT molecular complexity index is 1510. The third kappa shape index (κ3) is 4.93. The van der Waals surface area contributed by atoms with E-state index in [0.717, 1.165) is 59.7 Å². The minimum Gasteiger partial charge on any atom is -0.303 e. The number of aromatic nitrogens is 1. The molecular weight excluding hydrogens is 452 g/mol. The molecule has 0 bridgehead atoms. The highest BCUT2D eigenvalue weighted by molar-refractivity contribution is 7.90. The highest BCUT2D eigenvalue weighted by Crippen LogP contribution is 2.34. The lowest BCUT2D eigenvalue weighted by Crippen LogP contribution is -2.28. The second-order valence-corrected chi connectivity index (χ2v) is 12.6. The zero-order valence-corrected chi connectivity index (χ0v) is 21.7. The maximum Gasteiger partial charge on any atom is 0.268 e. The van der Waals surface area contributed by atoms with E-state index < -0.39 is 10.0 Å². The van der Waals surface area contributed by atoms with Gasteiger partial charge in [0.05, 0.1) is 10.4 Å². The number of para-hydroxylation sites is 1. The van der Waals surface area contributed by atoms with Crippen LogP contribution in [0, 0.1) is 5.41 Å². The Balaban J connectivity index is 1.50. The van der Waals surface area contributed by atoms with E-state index >= 15 is 0 Å². The van der Waals surface area contributed by atoms with E-state index in [0.29, 0.717) is 10.3 Å². The molecule has 0 atom stereocenters. The van der Waals surface area contributed by atoms with Crippen molar-refractivity contribution in [3.63, 3.8) is 0 Å². The summed E-state index contributed by atoms with van der Waals surface area (Å²) in [6.45, 7) is 10.0. The van der Waals surface area contributed by atoms with E-state index in [-0.39, 0.29) is 0 Å². The third-order valence-electron chi connectivity index (χ3n) is 7.01. The van der Waals surface area contributed by atoms with Gasteiger partial charge in [-0.1, -0.05) is 75.4 Å². The average Bonchev–Trinajstić information content (AvgIpc) is 3.07. The Kier molecular flexibility index (Phi) is 6.32. The van der Waals surface area contributed by atoms with Crippen LogP contribution in [0.2, 0.25) is 0 Å². The molecule has 4 nitrogen and oxygen atoms in total. The molecule has 35 heavy (non-hydrogen) atoms. The summed E-state index contributed by atoms with van der Waals surface area (Å²) in [5.74, 6) is 0. The Labute approximate surface area is 208 Å². The molecule has 0 fully saturated rings.